The maximum Gasteiger partial charge on any atom is 0.296 e. The fourth-order valence-electron chi connectivity index (χ4n) is 4.63. The normalized spacial score (nSPS) is 14.8. The number of ether oxygens (including phenoxy) is 1. The highest BCUT2D eigenvalue weighted by Gasteiger charge is 2.45. The molecule has 184 valence electrons. The average molecular weight is 513 g/mol. The zero-order chi connectivity index (χ0) is 25.7. The van der Waals surface area contributed by atoms with Crippen molar-refractivity contribution in [3.63, 3.8) is 0 Å². The minimum atomic E-state index is -0.798. The van der Waals surface area contributed by atoms with Crippen molar-refractivity contribution in [2.24, 2.45) is 0 Å². The molecule has 0 saturated heterocycles. The molecule has 6 rings (SSSR count). The van der Waals surface area contributed by atoms with Crippen LogP contribution in [-0.4, -0.2) is 11.1 Å². The van der Waals surface area contributed by atoms with E-state index in [-0.39, 0.29) is 22.6 Å². The van der Waals surface area contributed by atoms with Crippen LogP contribution in [0, 0.1) is 13.8 Å². The molecule has 3 aromatic carbocycles. The molecule has 1 aliphatic heterocycles. The van der Waals surface area contributed by atoms with Crippen LogP contribution in [0.5, 0.6) is 5.75 Å². The summed E-state index contributed by atoms with van der Waals surface area (Å²) >= 11 is 6.33. The van der Waals surface area contributed by atoms with E-state index in [1.165, 1.54) is 4.90 Å². The summed E-state index contributed by atoms with van der Waals surface area (Å²) in [7, 11) is 0. The van der Waals surface area contributed by atoms with Gasteiger partial charge in [-0.3, -0.25) is 14.5 Å². The lowest BCUT2D eigenvalue weighted by Gasteiger charge is -2.23. The number of anilines is 1. The minimum absolute atomic E-state index is 0.0273. The SMILES string of the molecule is Cc1cc(N2C(=O)c3oc4cc(C)c(Cl)cc4c(=O)c3C2c2cccc(OCc3ccccc3)c2)no1. The van der Waals surface area contributed by atoms with E-state index in [1.54, 1.807) is 25.1 Å². The molecule has 37 heavy (non-hydrogen) atoms. The first-order valence-electron chi connectivity index (χ1n) is 11.7. The second-order valence-electron chi connectivity index (χ2n) is 8.99. The number of aryl methyl sites for hydroxylation is 2. The van der Waals surface area contributed by atoms with Crippen molar-refractivity contribution in [3.8, 4) is 5.75 Å². The van der Waals surface area contributed by atoms with Gasteiger partial charge in [-0.2, -0.15) is 0 Å². The van der Waals surface area contributed by atoms with Crippen LogP contribution in [0.4, 0.5) is 5.82 Å². The second kappa shape index (κ2) is 8.94. The zero-order valence-corrected chi connectivity index (χ0v) is 20.8. The second-order valence-corrected chi connectivity index (χ2v) is 9.40. The van der Waals surface area contributed by atoms with E-state index in [4.69, 9.17) is 25.3 Å². The number of hydrogen-bond donors (Lipinski definition) is 0. The average Bonchev–Trinajstić information content (AvgIpc) is 3.45. The Labute approximate surface area is 216 Å². The number of nitrogens with zero attached hydrogens (tertiary/aromatic N) is 2. The van der Waals surface area contributed by atoms with Gasteiger partial charge in [-0.25, -0.2) is 0 Å². The maximum atomic E-state index is 13.8. The summed E-state index contributed by atoms with van der Waals surface area (Å²) in [5.74, 6) is 0.912. The number of fused-ring (bicyclic) bond motifs is 2. The predicted molar refractivity (Wildman–Crippen MR) is 139 cm³/mol. The van der Waals surface area contributed by atoms with Gasteiger partial charge in [0.2, 0.25) is 5.76 Å². The summed E-state index contributed by atoms with van der Waals surface area (Å²) in [5.41, 5.74) is 2.63. The van der Waals surface area contributed by atoms with Gasteiger partial charge in [0.05, 0.1) is 17.0 Å². The van der Waals surface area contributed by atoms with Crippen molar-refractivity contribution >= 4 is 34.3 Å². The number of carbonyl (C=O) groups excluding carboxylic acids is 1. The van der Waals surface area contributed by atoms with Gasteiger partial charge >= 0.3 is 0 Å². The van der Waals surface area contributed by atoms with Gasteiger partial charge in [-0.15, -0.1) is 0 Å². The van der Waals surface area contributed by atoms with E-state index in [9.17, 15) is 9.59 Å². The van der Waals surface area contributed by atoms with Gasteiger partial charge in [0.15, 0.2) is 11.2 Å². The highest BCUT2D eigenvalue weighted by molar-refractivity contribution is 6.32. The molecule has 1 atom stereocenters. The van der Waals surface area contributed by atoms with Crippen molar-refractivity contribution in [1.82, 2.24) is 5.16 Å². The van der Waals surface area contributed by atoms with Gasteiger partial charge in [0.25, 0.3) is 5.91 Å². The molecule has 7 nitrogen and oxygen atoms in total. The number of rotatable bonds is 5. The Morgan fingerprint density at radius 2 is 1.81 bits per heavy atom. The molecular formula is C29H21ClN2O5. The van der Waals surface area contributed by atoms with E-state index >= 15 is 0 Å². The van der Waals surface area contributed by atoms with Crippen LogP contribution in [-0.2, 0) is 6.61 Å². The molecule has 1 unspecified atom stereocenters. The molecule has 1 aliphatic rings. The molecule has 1 amide bonds. The molecule has 8 heteroatoms. The summed E-state index contributed by atoms with van der Waals surface area (Å²) in [6, 6.07) is 21.2. The molecule has 0 radical (unpaired) electrons. The van der Waals surface area contributed by atoms with Gasteiger partial charge in [-0.1, -0.05) is 59.2 Å². The lowest BCUT2D eigenvalue weighted by atomic mass is 9.98. The van der Waals surface area contributed by atoms with E-state index in [0.717, 1.165) is 11.1 Å². The van der Waals surface area contributed by atoms with Crippen molar-refractivity contribution in [2.45, 2.75) is 26.5 Å². The molecule has 0 saturated carbocycles. The third kappa shape index (κ3) is 3.97. The number of hydrogen-bond acceptors (Lipinski definition) is 6. The Morgan fingerprint density at radius 3 is 2.57 bits per heavy atom. The Bertz CT molecular complexity index is 1720. The van der Waals surface area contributed by atoms with Crippen LogP contribution < -0.4 is 15.1 Å². The molecule has 2 aromatic heterocycles. The van der Waals surface area contributed by atoms with Crippen LogP contribution >= 0.6 is 11.6 Å². The Morgan fingerprint density at radius 1 is 1.00 bits per heavy atom. The van der Waals surface area contributed by atoms with Gasteiger partial charge in [0.1, 0.15) is 23.7 Å². The molecule has 0 fully saturated rings. The van der Waals surface area contributed by atoms with Crippen LogP contribution in [0.15, 0.2) is 86.5 Å². The van der Waals surface area contributed by atoms with Crippen LogP contribution in [0.1, 0.15) is 44.6 Å². The fraction of sp³-hybridized carbons (Fsp3) is 0.138. The summed E-state index contributed by atoms with van der Waals surface area (Å²) in [4.78, 5) is 28.9. The first-order chi connectivity index (χ1) is 17.9. The van der Waals surface area contributed by atoms with Crippen LogP contribution in [0.25, 0.3) is 11.0 Å². The van der Waals surface area contributed by atoms with Gasteiger partial charge < -0.3 is 13.7 Å². The molecular weight excluding hydrogens is 492 g/mol. The third-order valence-corrected chi connectivity index (χ3v) is 6.84. The first-order valence-corrected chi connectivity index (χ1v) is 12.1. The topological polar surface area (TPSA) is 85.8 Å². The Kier molecular flexibility index (Phi) is 5.57. The monoisotopic (exact) mass is 512 g/mol. The number of carbonyl (C=O) groups is 1. The molecule has 5 aromatic rings. The molecule has 0 bridgehead atoms. The van der Waals surface area contributed by atoms with E-state index in [1.807, 2.05) is 61.5 Å². The zero-order valence-electron chi connectivity index (χ0n) is 20.0. The molecule has 3 heterocycles. The Hall–Kier alpha value is -4.36. The highest BCUT2D eigenvalue weighted by atomic mass is 35.5. The lowest BCUT2D eigenvalue weighted by molar-refractivity contribution is 0.0969. The third-order valence-electron chi connectivity index (χ3n) is 6.44. The fourth-order valence-corrected chi connectivity index (χ4v) is 4.79. The number of halogens is 1. The van der Waals surface area contributed by atoms with Gasteiger partial charge in [-0.05, 0) is 54.8 Å². The number of amides is 1. The smallest absolute Gasteiger partial charge is 0.296 e. The predicted octanol–water partition coefficient (Wildman–Crippen LogP) is 6.38. The van der Waals surface area contributed by atoms with Crippen molar-refractivity contribution in [1.29, 1.82) is 0 Å². The number of aromatic nitrogens is 1. The summed E-state index contributed by atoms with van der Waals surface area (Å²) in [5, 5.41) is 4.82. The van der Waals surface area contributed by atoms with Crippen LogP contribution in [0.3, 0.4) is 0 Å². The quantitative estimate of drug-likeness (QED) is 0.271. The van der Waals surface area contributed by atoms with Crippen molar-refractivity contribution < 1.29 is 18.5 Å². The largest absolute Gasteiger partial charge is 0.489 e. The molecule has 0 aliphatic carbocycles. The number of benzene rings is 3. The summed E-state index contributed by atoms with van der Waals surface area (Å²) < 4.78 is 17.3. The Balaban J connectivity index is 1.50. The first kappa shape index (κ1) is 23.1. The van der Waals surface area contributed by atoms with Gasteiger partial charge in [0, 0.05) is 11.1 Å². The maximum absolute atomic E-state index is 13.8. The van der Waals surface area contributed by atoms with E-state index in [0.29, 0.717) is 39.7 Å². The highest BCUT2D eigenvalue weighted by Crippen LogP contribution is 2.42. The summed E-state index contributed by atoms with van der Waals surface area (Å²) in [6.45, 7) is 3.92. The lowest BCUT2D eigenvalue weighted by Crippen LogP contribution is -2.29. The standard InChI is InChI=1S/C29H21ClN2O5/c1-16-11-23-21(14-22(16)30)27(33)25-26(32(29(34)28(25)36-23)24-12-17(2)37-31-24)19-9-6-10-20(13-19)35-15-18-7-4-3-5-8-18/h3-14,26H,15H2,1-2H3. The van der Waals surface area contributed by atoms with Crippen LogP contribution in [0.2, 0.25) is 5.02 Å². The minimum Gasteiger partial charge on any atom is -0.489 e. The summed E-state index contributed by atoms with van der Waals surface area (Å²) in [6.07, 6.45) is 0. The van der Waals surface area contributed by atoms with E-state index < -0.39 is 11.9 Å². The molecule has 0 spiro atoms. The van der Waals surface area contributed by atoms with Crippen molar-refractivity contribution in [3.05, 3.63) is 122 Å². The molecule has 0 N–H and O–H groups in total. The van der Waals surface area contributed by atoms with E-state index in [2.05, 4.69) is 5.16 Å². The van der Waals surface area contributed by atoms with Crippen molar-refractivity contribution in [2.75, 3.05) is 4.90 Å².